The maximum absolute atomic E-state index is 13.3. The molecule has 6 nitrogen and oxygen atoms in total. The molecule has 1 aromatic heterocycles. The predicted molar refractivity (Wildman–Crippen MR) is 87.8 cm³/mol. The molecule has 25 heavy (non-hydrogen) atoms. The van der Waals surface area contributed by atoms with E-state index in [2.05, 4.69) is 10.1 Å². The summed E-state index contributed by atoms with van der Waals surface area (Å²) in [5.41, 5.74) is 1.07. The van der Waals surface area contributed by atoms with Crippen LogP contribution in [0.1, 0.15) is 5.89 Å². The van der Waals surface area contributed by atoms with Gasteiger partial charge in [0.15, 0.2) is 6.61 Å². The third kappa shape index (κ3) is 3.06. The van der Waals surface area contributed by atoms with Crippen LogP contribution in [0, 0.1) is 5.82 Å². The summed E-state index contributed by atoms with van der Waals surface area (Å²) >= 11 is 5.95. The van der Waals surface area contributed by atoms with Gasteiger partial charge in [0.05, 0.1) is 5.69 Å². The second-order valence-corrected chi connectivity index (χ2v) is 5.84. The number of carbonyl (C=O) groups is 1. The number of hydrogen-bond acceptors (Lipinski definition) is 5. The van der Waals surface area contributed by atoms with Gasteiger partial charge in [-0.1, -0.05) is 28.9 Å². The van der Waals surface area contributed by atoms with E-state index in [9.17, 15) is 9.18 Å². The topological polar surface area (TPSA) is 68.5 Å². The lowest BCUT2D eigenvalue weighted by Gasteiger charge is -2.28. The summed E-state index contributed by atoms with van der Waals surface area (Å²) in [5.74, 6) is 0.372. The molecule has 0 unspecified atom stereocenters. The van der Waals surface area contributed by atoms with Crippen LogP contribution in [0.4, 0.5) is 10.1 Å². The molecule has 1 amide bonds. The van der Waals surface area contributed by atoms with Gasteiger partial charge in [-0.25, -0.2) is 4.39 Å². The molecule has 0 saturated heterocycles. The fourth-order valence-corrected chi connectivity index (χ4v) is 2.71. The molecule has 0 atom stereocenters. The SMILES string of the molecule is O=C1COc2cc(Cl)ccc2N1Cc1nc(-c2cccc(F)c2)no1. The summed E-state index contributed by atoms with van der Waals surface area (Å²) in [7, 11) is 0. The highest BCUT2D eigenvalue weighted by Crippen LogP contribution is 2.35. The standard InChI is InChI=1S/C17H11ClFN3O3/c18-11-4-5-13-14(7-11)24-9-16(23)22(13)8-15-20-17(21-25-15)10-2-1-3-12(19)6-10/h1-7H,8-9H2. The van der Waals surface area contributed by atoms with Crippen molar-refractivity contribution in [3.05, 3.63) is 59.2 Å². The van der Waals surface area contributed by atoms with E-state index in [-0.39, 0.29) is 30.8 Å². The molecule has 0 bridgehead atoms. The average Bonchev–Trinajstić information content (AvgIpc) is 3.06. The number of rotatable bonds is 3. The summed E-state index contributed by atoms with van der Waals surface area (Å²) in [5, 5.41) is 4.36. The van der Waals surface area contributed by atoms with E-state index in [4.69, 9.17) is 20.9 Å². The van der Waals surface area contributed by atoms with E-state index in [0.717, 1.165) is 0 Å². The Morgan fingerprint density at radius 3 is 2.96 bits per heavy atom. The van der Waals surface area contributed by atoms with Crippen LogP contribution in [0.15, 0.2) is 47.0 Å². The van der Waals surface area contributed by atoms with Gasteiger partial charge < -0.3 is 9.26 Å². The highest BCUT2D eigenvalue weighted by atomic mass is 35.5. The molecule has 3 aromatic rings. The van der Waals surface area contributed by atoms with Gasteiger partial charge in [0.25, 0.3) is 5.91 Å². The van der Waals surface area contributed by atoms with Gasteiger partial charge >= 0.3 is 0 Å². The monoisotopic (exact) mass is 359 g/mol. The lowest BCUT2D eigenvalue weighted by Crippen LogP contribution is -2.38. The molecule has 0 saturated carbocycles. The lowest BCUT2D eigenvalue weighted by molar-refractivity contribution is -0.121. The van der Waals surface area contributed by atoms with Crippen molar-refractivity contribution in [1.29, 1.82) is 0 Å². The molecule has 126 valence electrons. The molecule has 4 rings (SSSR count). The zero-order valence-corrected chi connectivity index (χ0v) is 13.5. The Labute approximate surface area is 146 Å². The van der Waals surface area contributed by atoms with Crippen molar-refractivity contribution in [3.8, 4) is 17.1 Å². The molecule has 2 aromatic carbocycles. The molecular formula is C17H11ClFN3O3. The normalized spacial score (nSPS) is 13.5. The minimum absolute atomic E-state index is 0.0825. The minimum atomic E-state index is -0.391. The number of amides is 1. The molecule has 0 fully saturated rings. The van der Waals surface area contributed by atoms with Gasteiger partial charge in [-0.05, 0) is 24.3 Å². The fraction of sp³-hybridized carbons (Fsp3) is 0.118. The van der Waals surface area contributed by atoms with Crippen molar-refractivity contribution in [3.63, 3.8) is 0 Å². The maximum Gasteiger partial charge on any atom is 0.265 e. The first kappa shape index (κ1) is 15.6. The van der Waals surface area contributed by atoms with E-state index in [0.29, 0.717) is 22.0 Å². The summed E-state index contributed by atoms with van der Waals surface area (Å²) < 4.78 is 23.9. The number of ether oxygens (including phenoxy) is 1. The van der Waals surface area contributed by atoms with Gasteiger partial charge in [-0.15, -0.1) is 0 Å². The maximum atomic E-state index is 13.3. The second-order valence-electron chi connectivity index (χ2n) is 5.40. The van der Waals surface area contributed by atoms with Crippen LogP contribution in [0.2, 0.25) is 5.02 Å². The smallest absolute Gasteiger partial charge is 0.265 e. The lowest BCUT2D eigenvalue weighted by atomic mass is 10.2. The Kier molecular flexibility index (Phi) is 3.85. The van der Waals surface area contributed by atoms with Gasteiger partial charge in [0.1, 0.15) is 18.1 Å². The molecule has 0 aliphatic carbocycles. The molecule has 1 aliphatic heterocycles. The van der Waals surface area contributed by atoms with Crippen molar-refractivity contribution in [2.75, 3.05) is 11.5 Å². The number of benzene rings is 2. The summed E-state index contributed by atoms with van der Waals surface area (Å²) in [4.78, 5) is 17.9. The van der Waals surface area contributed by atoms with Gasteiger partial charge in [-0.3, -0.25) is 9.69 Å². The largest absolute Gasteiger partial charge is 0.482 e. The average molecular weight is 360 g/mol. The molecule has 2 heterocycles. The quantitative estimate of drug-likeness (QED) is 0.716. The van der Waals surface area contributed by atoms with Crippen LogP contribution >= 0.6 is 11.6 Å². The van der Waals surface area contributed by atoms with Crippen LogP contribution < -0.4 is 9.64 Å². The first-order valence-electron chi connectivity index (χ1n) is 7.41. The number of aromatic nitrogens is 2. The van der Waals surface area contributed by atoms with Crippen LogP contribution in [0.25, 0.3) is 11.4 Å². The number of carbonyl (C=O) groups excluding carboxylic acids is 1. The predicted octanol–water partition coefficient (Wildman–Crippen LogP) is 3.45. The van der Waals surface area contributed by atoms with Gasteiger partial charge in [0, 0.05) is 16.7 Å². The summed E-state index contributed by atoms with van der Waals surface area (Å²) in [6, 6.07) is 10.9. The van der Waals surface area contributed by atoms with E-state index >= 15 is 0 Å². The van der Waals surface area contributed by atoms with E-state index < -0.39 is 5.82 Å². The molecule has 0 radical (unpaired) electrons. The van der Waals surface area contributed by atoms with Crippen molar-refractivity contribution >= 4 is 23.2 Å². The molecule has 0 N–H and O–H groups in total. The Bertz CT molecular complexity index is 960. The van der Waals surface area contributed by atoms with Gasteiger partial charge in [0.2, 0.25) is 11.7 Å². The third-order valence-electron chi connectivity index (χ3n) is 3.71. The van der Waals surface area contributed by atoms with Crippen LogP contribution in [0.3, 0.4) is 0 Å². The molecule has 8 heteroatoms. The second kappa shape index (κ2) is 6.18. The Morgan fingerprint density at radius 2 is 2.12 bits per heavy atom. The van der Waals surface area contributed by atoms with Crippen molar-refractivity contribution in [1.82, 2.24) is 10.1 Å². The van der Waals surface area contributed by atoms with Crippen molar-refractivity contribution in [2.45, 2.75) is 6.54 Å². The number of nitrogens with zero attached hydrogens (tertiary/aromatic N) is 3. The van der Waals surface area contributed by atoms with E-state index in [1.54, 1.807) is 30.3 Å². The Morgan fingerprint density at radius 1 is 1.24 bits per heavy atom. The van der Waals surface area contributed by atoms with E-state index in [1.807, 2.05) is 0 Å². The number of halogens is 2. The van der Waals surface area contributed by atoms with Gasteiger partial charge in [-0.2, -0.15) is 4.98 Å². The summed E-state index contributed by atoms with van der Waals surface area (Å²) in [6.45, 7) is -0.0165. The number of hydrogen-bond donors (Lipinski definition) is 0. The first-order valence-corrected chi connectivity index (χ1v) is 7.79. The number of anilines is 1. The third-order valence-corrected chi connectivity index (χ3v) is 3.94. The zero-order chi connectivity index (χ0) is 17.4. The first-order chi connectivity index (χ1) is 12.1. The van der Waals surface area contributed by atoms with Crippen LogP contribution in [-0.2, 0) is 11.3 Å². The van der Waals surface area contributed by atoms with Crippen LogP contribution in [0.5, 0.6) is 5.75 Å². The Balaban J connectivity index is 1.62. The number of fused-ring (bicyclic) bond motifs is 1. The fourth-order valence-electron chi connectivity index (χ4n) is 2.55. The molecule has 1 aliphatic rings. The Hall–Kier alpha value is -2.93. The highest BCUT2D eigenvalue weighted by molar-refractivity contribution is 6.30. The van der Waals surface area contributed by atoms with Crippen molar-refractivity contribution in [2.24, 2.45) is 0 Å². The van der Waals surface area contributed by atoms with E-state index in [1.165, 1.54) is 17.0 Å². The molecular weight excluding hydrogens is 349 g/mol. The van der Waals surface area contributed by atoms with Crippen LogP contribution in [-0.4, -0.2) is 22.7 Å². The summed E-state index contributed by atoms with van der Waals surface area (Å²) in [6.07, 6.45) is 0. The zero-order valence-electron chi connectivity index (χ0n) is 12.8. The molecule has 0 spiro atoms. The van der Waals surface area contributed by atoms with Crippen molar-refractivity contribution < 1.29 is 18.4 Å². The minimum Gasteiger partial charge on any atom is -0.482 e. The highest BCUT2D eigenvalue weighted by Gasteiger charge is 2.27.